The highest BCUT2D eigenvalue weighted by Crippen LogP contribution is 2.27. The predicted octanol–water partition coefficient (Wildman–Crippen LogP) is 0.717. The fourth-order valence-electron chi connectivity index (χ4n) is 2.03. The van der Waals surface area contributed by atoms with E-state index in [-0.39, 0.29) is 0 Å². The summed E-state index contributed by atoms with van der Waals surface area (Å²) in [5, 5.41) is 3.32. The molecule has 1 aliphatic heterocycles. The third-order valence-electron chi connectivity index (χ3n) is 2.79. The van der Waals surface area contributed by atoms with Crippen LogP contribution in [0.2, 0.25) is 0 Å². The Labute approximate surface area is 84.3 Å². The molecule has 0 amide bonds. The van der Waals surface area contributed by atoms with Gasteiger partial charge in [0.15, 0.2) is 0 Å². The van der Waals surface area contributed by atoms with Crippen LogP contribution in [0.3, 0.4) is 0 Å². The topological polar surface area (TPSA) is 39.1 Å². The molecule has 0 saturated carbocycles. The molecule has 1 aromatic heterocycles. The molecule has 2 rings (SSSR count). The van der Waals surface area contributed by atoms with Gasteiger partial charge in [0.05, 0.1) is 24.7 Å². The standard InChI is InChI=1S/C10H17N3O/c1-11-10(8-3-4-14-6-8)9-5-13(2)7-12-9/h5,7-8,10-11H,3-4,6H2,1-2H3. The molecule has 0 aromatic carbocycles. The Kier molecular flexibility index (Phi) is 2.84. The summed E-state index contributed by atoms with van der Waals surface area (Å²) >= 11 is 0. The van der Waals surface area contributed by atoms with Gasteiger partial charge in [0, 0.05) is 25.8 Å². The Morgan fingerprint density at radius 3 is 3.07 bits per heavy atom. The highest BCUT2D eigenvalue weighted by atomic mass is 16.5. The Hall–Kier alpha value is -0.870. The number of ether oxygens (including phenoxy) is 1. The monoisotopic (exact) mass is 195 g/mol. The normalized spacial score (nSPS) is 24.0. The van der Waals surface area contributed by atoms with E-state index in [2.05, 4.69) is 16.5 Å². The number of imidazole rings is 1. The van der Waals surface area contributed by atoms with Crippen molar-refractivity contribution in [3.63, 3.8) is 0 Å². The Morgan fingerprint density at radius 2 is 2.57 bits per heavy atom. The first-order valence-electron chi connectivity index (χ1n) is 5.04. The van der Waals surface area contributed by atoms with Crippen LogP contribution in [0.4, 0.5) is 0 Å². The lowest BCUT2D eigenvalue weighted by Crippen LogP contribution is -2.25. The molecule has 1 fully saturated rings. The van der Waals surface area contributed by atoms with Crippen LogP contribution in [0.15, 0.2) is 12.5 Å². The lowest BCUT2D eigenvalue weighted by atomic mass is 9.97. The fourth-order valence-corrected chi connectivity index (χ4v) is 2.03. The summed E-state index contributed by atoms with van der Waals surface area (Å²) in [5.74, 6) is 0.565. The van der Waals surface area contributed by atoms with Crippen LogP contribution in [-0.4, -0.2) is 29.8 Å². The van der Waals surface area contributed by atoms with Gasteiger partial charge in [-0.3, -0.25) is 0 Å². The van der Waals surface area contributed by atoms with E-state index in [1.165, 1.54) is 0 Å². The zero-order valence-electron chi connectivity index (χ0n) is 8.73. The number of rotatable bonds is 3. The summed E-state index contributed by atoms with van der Waals surface area (Å²) in [6.07, 6.45) is 5.04. The molecule has 4 nitrogen and oxygen atoms in total. The van der Waals surface area contributed by atoms with Gasteiger partial charge in [-0.2, -0.15) is 0 Å². The number of nitrogens with zero attached hydrogens (tertiary/aromatic N) is 2. The van der Waals surface area contributed by atoms with Gasteiger partial charge in [-0.15, -0.1) is 0 Å². The van der Waals surface area contributed by atoms with Crippen molar-refractivity contribution in [2.75, 3.05) is 20.3 Å². The van der Waals surface area contributed by atoms with Crippen LogP contribution in [0.5, 0.6) is 0 Å². The van der Waals surface area contributed by atoms with E-state index >= 15 is 0 Å². The van der Waals surface area contributed by atoms with Gasteiger partial charge in [-0.05, 0) is 13.5 Å². The van der Waals surface area contributed by atoms with Crippen LogP contribution < -0.4 is 5.32 Å². The Balaban J connectivity index is 2.12. The highest BCUT2D eigenvalue weighted by molar-refractivity contribution is 5.05. The average molecular weight is 195 g/mol. The maximum atomic E-state index is 5.39. The second kappa shape index (κ2) is 4.11. The fraction of sp³-hybridized carbons (Fsp3) is 0.700. The van der Waals surface area contributed by atoms with E-state index in [0.717, 1.165) is 25.3 Å². The SMILES string of the molecule is CNC(c1cn(C)cn1)C1CCOC1. The first kappa shape index (κ1) is 9.68. The lowest BCUT2D eigenvalue weighted by molar-refractivity contribution is 0.177. The van der Waals surface area contributed by atoms with Crippen LogP contribution in [0.1, 0.15) is 18.2 Å². The molecule has 1 aliphatic rings. The molecule has 1 aromatic rings. The molecule has 1 N–H and O–H groups in total. The van der Waals surface area contributed by atoms with Gasteiger partial charge in [0.2, 0.25) is 0 Å². The number of aromatic nitrogens is 2. The molecule has 0 spiro atoms. The number of nitrogens with one attached hydrogen (secondary N) is 1. The largest absolute Gasteiger partial charge is 0.381 e. The molecular weight excluding hydrogens is 178 g/mol. The summed E-state index contributed by atoms with van der Waals surface area (Å²) in [7, 11) is 3.98. The summed E-state index contributed by atoms with van der Waals surface area (Å²) in [6.45, 7) is 1.73. The number of hydrogen-bond donors (Lipinski definition) is 1. The third-order valence-corrected chi connectivity index (χ3v) is 2.79. The minimum Gasteiger partial charge on any atom is -0.381 e. The van der Waals surface area contributed by atoms with Crippen LogP contribution in [0.25, 0.3) is 0 Å². The molecule has 2 atom stereocenters. The summed E-state index contributed by atoms with van der Waals surface area (Å²) in [5.41, 5.74) is 1.12. The minimum absolute atomic E-state index is 0.332. The van der Waals surface area contributed by atoms with E-state index in [9.17, 15) is 0 Å². The predicted molar refractivity (Wildman–Crippen MR) is 53.9 cm³/mol. The molecule has 14 heavy (non-hydrogen) atoms. The van der Waals surface area contributed by atoms with Crippen LogP contribution >= 0.6 is 0 Å². The molecule has 0 aliphatic carbocycles. The Bertz CT molecular complexity index is 291. The highest BCUT2D eigenvalue weighted by Gasteiger charge is 2.27. The van der Waals surface area contributed by atoms with Crippen LogP contribution in [-0.2, 0) is 11.8 Å². The minimum atomic E-state index is 0.332. The lowest BCUT2D eigenvalue weighted by Gasteiger charge is -2.19. The third kappa shape index (κ3) is 1.81. The molecule has 4 heteroatoms. The Morgan fingerprint density at radius 1 is 1.71 bits per heavy atom. The number of aryl methyl sites for hydroxylation is 1. The molecule has 78 valence electrons. The molecule has 2 unspecified atom stereocenters. The second-order valence-electron chi connectivity index (χ2n) is 3.85. The van der Waals surface area contributed by atoms with Crippen molar-refractivity contribution in [3.05, 3.63) is 18.2 Å². The molecule has 2 heterocycles. The van der Waals surface area contributed by atoms with Gasteiger partial charge in [-0.25, -0.2) is 4.98 Å². The summed E-state index contributed by atoms with van der Waals surface area (Å²) < 4.78 is 7.38. The van der Waals surface area contributed by atoms with Crippen molar-refractivity contribution in [3.8, 4) is 0 Å². The average Bonchev–Trinajstić information content (AvgIpc) is 2.79. The molecular formula is C10H17N3O. The second-order valence-corrected chi connectivity index (χ2v) is 3.85. The van der Waals surface area contributed by atoms with E-state index in [4.69, 9.17) is 4.74 Å². The first-order valence-corrected chi connectivity index (χ1v) is 5.04. The zero-order chi connectivity index (χ0) is 9.97. The van der Waals surface area contributed by atoms with Crippen LogP contribution in [0, 0.1) is 5.92 Å². The summed E-state index contributed by atoms with van der Waals surface area (Å²) in [6, 6.07) is 0.332. The van der Waals surface area contributed by atoms with Crippen molar-refractivity contribution < 1.29 is 4.74 Å². The van der Waals surface area contributed by atoms with E-state index in [1.807, 2.05) is 25.0 Å². The van der Waals surface area contributed by atoms with Gasteiger partial charge < -0.3 is 14.6 Å². The van der Waals surface area contributed by atoms with E-state index in [1.54, 1.807) is 0 Å². The van der Waals surface area contributed by atoms with E-state index < -0.39 is 0 Å². The van der Waals surface area contributed by atoms with Crippen molar-refractivity contribution >= 4 is 0 Å². The quantitative estimate of drug-likeness (QED) is 0.772. The van der Waals surface area contributed by atoms with Crippen molar-refractivity contribution in [1.29, 1.82) is 0 Å². The van der Waals surface area contributed by atoms with Gasteiger partial charge >= 0.3 is 0 Å². The first-order chi connectivity index (χ1) is 6.81. The maximum absolute atomic E-state index is 5.39. The van der Waals surface area contributed by atoms with Gasteiger partial charge in [-0.1, -0.05) is 0 Å². The van der Waals surface area contributed by atoms with E-state index in [0.29, 0.717) is 12.0 Å². The molecule has 1 saturated heterocycles. The number of hydrogen-bond acceptors (Lipinski definition) is 3. The maximum Gasteiger partial charge on any atom is 0.0947 e. The van der Waals surface area contributed by atoms with Crippen molar-refractivity contribution in [2.24, 2.45) is 13.0 Å². The summed E-state index contributed by atoms with van der Waals surface area (Å²) in [4.78, 5) is 4.38. The molecule has 0 radical (unpaired) electrons. The van der Waals surface area contributed by atoms with Crippen molar-refractivity contribution in [1.82, 2.24) is 14.9 Å². The zero-order valence-corrected chi connectivity index (χ0v) is 8.73. The van der Waals surface area contributed by atoms with Gasteiger partial charge in [0.25, 0.3) is 0 Å². The van der Waals surface area contributed by atoms with Crippen molar-refractivity contribution in [2.45, 2.75) is 12.5 Å². The smallest absolute Gasteiger partial charge is 0.0947 e. The van der Waals surface area contributed by atoms with Gasteiger partial charge in [0.1, 0.15) is 0 Å². The molecule has 0 bridgehead atoms.